The van der Waals surface area contributed by atoms with Crippen LogP contribution in [0.25, 0.3) is 0 Å². The quantitative estimate of drug-likeness (QED) is 0.822. The van der Waals surface area contributed by atoms with Gasteiger partial charge in [0.15, 0.2) is 0 Å². The maximum absolute atomic E-state index is 12.6. The number of piperazine rings is 1. The summed E-state index contributed by atoms with van der Waals surface area (Å²) in [5.74, 6) is 1.79. The molecule has 0 radical (unpaired) electrons. The van der Waals surface area contributed by atoms with E-state index < -0.39 is 0 Å². The molecule has 26 heavy (non-hydrogen) atoms. The Balaban J connectivity index is 1.58. The number of hydrogen-bond acceptors (Lipinski definition) is 4. The topological polar surface area (TPSA) is 69.7 Å². The van der Waals surface area contributed by atoms with Gasteiger partial charge in [-0.1, -0.05) is 26.0 Å². The van der Waals surface area contributed by atoms with Crippen LogP contribution in [0.1, 0.15) is 36.2 Å². The third kappa shape index (κ3) is 4.20. The number of nitrogens with zero attached hydrogens (tertiary/aromatic N) is 2. The lowest BCUT2D eigenvalue weighted by atomic mass is 10.1. The van der Waals surface area contributed by atoms with Gasteiger partial charge in [-0.15, -0.1) is 11.8 Å². The third-order valence-corrected chi connectivity index (χ3v) is 5.73. The molecule has 0 spiro atoms. The molecule has 0 aliphatic carbocycles. The van der Waals surface area contributed by atoms with Crippen molar-refractivity contribution >= 4 is 29.5 Å². The molecular weight excluding hydrogens is 350 g/mol. The number of carbonyl (C=O) groups is 3. The first kappa shape index (κ1) is 18.8. The van der Waals surface area contributed by atoms with Crippen molar-refractivity contribution in [1.29, 1.82) is 0 Å². The molecule has 1 aromatic rings. The van der Waals surface area contributed by atoms with Gasteiger partial charge in [0.1, 0.15) is 12.6 Å². The zero-order valence-electron chi connectivity index (χ0n) is 15.2. The predicted molar refractivity (Wildman–Crippen MR) is 102 cm³/mol. The summed E-state index contributed by atoms with van der Waals surface area (Å²) in [5.41, 5.74) is 1.53. The van der Waals surface area contributed by atoms with Crippen LogP contribution in [0.5, 0.6) is 0 Å². The Labute approximate surface area is 158 Å². The van der Waals surface area contributed by atoms with Gasteiger partial charge in [-0.3, -0.25) is 14.4 Å². The first-order valence-corrected chi connectivity index (χ1v) is 10.1. The van der Waals surface area contributed by atoms with E-state index in [4.69, 9.17) is 0 Å². The highest BCUT2D eigenvalue weighted by Crippen LogP contribution is 2.26. The Morgan fingerprint density at radius 2 is 2.00 bits per heavy atom. The number of hydrogen-bond donors (Lipinski definition) is 1. The zero-order valence-corrected chi connectivity index (χ0v) is 16.1. The monoisotopic (exact) mass is 375 g/mol. The van der Waals surface area contributed by atoms with E-state index in [1.165, 1.54) is 0 Å². The van der Waals surface area contributed by atoms with Crippen LogP contribution < -0.4 is 5.32 Å². The highest BCUT2D eigenvalue weighted by molar-refractivity contribution is 7.99. The maximum Gasteiger partial charge on any atom is 0.251 e. The lowest BCUT2D eigenvalue weighted by Crippen LogP contribution is -2.57. The van der Waals surface area contributed by atoms with Crippen LogP contribution in [0, 0.1) is 5.92 Å². The number of benzene rings is 1. The fourth-order valence-electron chi connectivity index (χ4n) is 3.13. The molecule has 7 heteroatoms. The van der Waals surface area contributed by atoms with Gasteiger partial charge in [-0.25, -0.2) is 0 Å². The molecule has 0 saturated carbocycles. The summed E-state index contributed by atoms with van der Waals surface area (Å²) in [7, 11) is 0. The molecule has 140 valence electrons. The molecule has 2 fully saturated rings. The molecule has 0 unspecified atom stereocenters. The van der Waals surface area contributed by atoms with Crippen molar-refractivity contribution in [2.24, 2.45) is 5.92 Å². The molecule has 2 saturated heterocycles. The second-order valence-corrected chi connectivity index (χ2v) is 8.21. The first-order chi connectivity index (χ1) is 12.5. The second-order valence-electron chi connectivity index (χ2n) is 7.21. The van der Waals surface area contributed by atoms with Crippen LogP contribution in [0.2, 0.25) is 0 Å². The van der Waals surface area contributed by atoms with Gasteiger partial charge in [0.2, 0.25) is 11.8 Å². The SMILES string of the molecule is CC(C)CCNC(=O)c1ccc(CN2CC(=O)N3CSC[C@H]3C2=O)cc1. The van der Waals surface area contributed by atoms with E-state index in [0.717, 1.165) is 12.0 Å². The Hall–Kier alpha value is -2.02. The summed E-state index contributed by atoms with van der Waals surface area (Å²) in [4.78, 5) is 40.2. The highest BCUT2D eigenvalue weighted by atomic mass is 32.2. The van der Waals surface area contributed by atoms with Crippen molar-refractivity contribution < 1.29 is 14.4 Å². The highest BCUT2D eigenvalue weighted by Gasteiger charge is 2.42. The summed E-state index contributed by atoms with van der Waals surface area (Å²) < 4.78 is 0. The van der Waals surface area contributed by atoms with Crippen LogP contribution >= 0.6 is 11.8 Å². The summed E-state index contributed by atoms with van der Waals surface area (Å²) in [5, 5.41) is 2.91. The average Bonchev–Trinajstić information content (AvgIpc) is 3.10. The number of rotatable bonds is 6. The van der Waals surface area contributed by atoms with E-state index in [0.29, 0.717) is 36.2 Å². The molecule has 0 bridgehead atoms. The Kier molecular flexibility index (Phi) is 5.86. The molecule has 2 aliphatic rings. The van der Waals surface area contributed by atoms with E-state index in [-0.39, 0.29) is 30.3 Å². The Morgan fingerprint density at radius 1 is 1.27 bits per heavy atom. The average molecular weight is 375 g/mol. The maximum atomic E-state index is 12.6. The van der Waals surface area contributed by atoms with Crippen LogP contribution in [0.15, 0.2) is 24.3 Å². The lowest BCUT2D eigenvalue weighted by molar-refractivity contribution is -0.153. The normalized spacial score (nSPS) is 19.9. The molecule has 2 heterocycles. The van der Waals surface area contributed by atoms with Crippen LogP contribution in [0.4, 0.5) is 0 Å². The molecule has 2 aliphatic heterocycles. The molecule has 1 aromatic carbocycles. The van der Waals surface area contributed by atoms with Crippen molar-refractivity contribution in [2.75, 3.05) is 24.7 Å². The van der Waals surface area contributed by atoms with E-state index in [1.54, 1.807) is 33.7 Å². The minimum atomic E-state index is -0.313. The zero-order chi connectivity index (χ0) is 18.7. The van der Waals surface area contributed by atoms with Gasteiger partial charge in [0.05, 0.1) is 5.88 Å². The van der Waals surface area contributed by atoms with Crippen molar-refractivity contribution in [3.8, 4) is 0 Å². The van der Waals surface area contributed by atoms with Crippen molar-refractivity contribution in [1.82, 2.24) is 15.1 Å². The Bertz CT molecular complexity index is 690. The van der Waals surface area contributed by atoms with Gasteiger partial charge in [-0.2, -0.15) is 0 Å². The molecule has 1 N–H and O–H groups in total. The molecule has 6 nitrogen and oxygen atoms in total. The summed E-state index contributed by atoms with van der Waals surface area (Å²) in [6.07, 6.45) is 0.950. The van der Waals surface area contributed by atoms with Crippen LogP contribution in [0.3, 0.4) is 0 Å². The molecule has 3 rings (SSSR count). The number of thioether (sulfide) groups is 1. The van der Waals surface area contributed by atoms with Gasteiger partial charge in [-0.05, 0) is 30.0 Å². The largest absolute Gasteiger partial charge is 0.352 e. The van der Waals surface area contributed by atoms with Gasteiger partial charge < -0.3 is 15.1 Å². The summed E-state index contributed by atoms with van der Waals surface area (Å²) >= 11 is 1.62. The third-order valence-electron chi connectivity index (χ3n) is 4.72. The minimum absolute atomic E-state index is 0.0146. The molecule has 3 amide bonds. The van der Waals surface area contributed by atoms with Gasteiger partial charge >= 0.3 is 0 Å². The van der Waals surface area contributed by atoms with Gasteiger partial charge in [0.25, 0.3) is 5.91 Å². The number of fused-ring (bicyclic) bond motifs is 1. The van der Waals surface area contributed by atoms with Crippen LogP contribution in [-0.4, -0.2) is 58.3 Å². The van der Waals surface area contributed by atoms with Gasteiger partial charge in [0, 0.05) is 24.4 Å². The lowest BCUT2D eigenvalue weighted by Gasteiger charge is -2.35. The molecule has 0 aromatic heterocycles. The van der Waals surface area contributed by atoms with E-state index in [9.17, 15) is 14.4 Å². The fourth-order valence-corrected chi connectivity index (χ4v) is 4.30. The summed E-state index contributed by atoms with van der Waals surface area (Å²) in [6, 6.07) is 6.94. The van der Waals surface area contributed by atoms with Crippen molar-refractivity contribution in [2.45, 2.75) is 32.9 Å². The van der Waals surface area contributed by atoms with Crippen LogP contribution in [-0.2, 0) is 16.1 Å². The van der Waals surface area contributed by atoms with E-state index in [1.807, 2.05) is 12.1 Å². The number of amides is 3. The van der Waals surface area contributed by atoms with Crippen molar-refractivity contribution in [3.63, 3.8) is 0 Å². The standard InChI is InChI=1S/C19H25N3O3S/c1-13(2)7-8-20-18(24)15-5-3-14(4-6-15)9-21-10-17(23)22-12-26-11-16(22)19(21)25/h3-6,13,16H,7-12H2,1-2H3,(H,20,24)/t16-/m0/s1. The Morgan fingerprint density at radius 3 is 2.69 bits per heavy atom. The van der Waals surface area contributed by atoms with E-state index >= 15 is 0 Å². The molecule has 1 atom stereocenters. The van der Waals surface area contributed by atoms with Crippen molar-refractivity contribution in [3.05, 3.63) is 35.4 Å². The fraction of sp³-hybridized carbons (Fsp3) is 0.526. The predicted octanol–water partition coefficient (Wildman–Crippen LogP) is 1.71. The second kappa shape index (κ2) is 8.12. The summed E-state index contributed by atoms with van der Waals surface area (Å²) in [6.45, 7) is 5.44. The smallest absolute Gasteiger partial charge is 0.251 e. The minimum Gasteiger partial charge on any atom is -0.352 e. The first-order valence-electron chi connectivity index (χ1n) is 8.99. The molecular formula is C19H25N3O3S. The number of carbonyl (C=O) groups excluding carboxylic acids is 3. The van der Waals surface area contributed by atoms with E-state index in [2.05, 4.69) is 19.2 Å². The number of nitrogens with one attached hydrogen (secondary N) is 1.